The maximum Gasteiger partial charge on any atom is 0.249 e. The molecule has 5 heteroatoms. The molecule has 1 aliphatic heterocycles. The molecule has 20 heavy (non-hydrogen) atoms. The van der Waals surface area contributed by atoms with Gasteiger partial charge in [0.25, 0.3) is 0 Å². The van der Waals surface area contributed by atoms with Crippen LogP contribution in [-0.4, -0.2) is 35.9 Å². The second kappa shape index (κ2) is 5.52. The van der Waals surface area contributed by atoms with E-state index in [2.05, 4.69) is 5.32 Å². The topological polar surface area (TPSA) is 84.6 Å². The van der Waals surface area contributed by atoms with Gasteiger partial charge in [-0.1, -0.05) is 24.3 Å². The van der Waals surface area contributed by atoms with Crippen molar-refractivity contribution < 1.29 is 14.6 Å². The molecule has 1 aliphatic carbocycles. The van der Waals surface area contributed by atoms with E-state index in [9.17, 15) is 9.90 Å². The lowest BCUT2D eigenvalue weighted by molar-refractivity contribution is -0.133. The van der Waals surface area contributed by atoms with Crippen molar-refractivity contribution in [3.05, 3.63) is 35.4 Å². The SMILES string of the molecule is NCC1CCC(C(=O)N[C@@H]2c3ccccc3C[C@@H]2O)O1. The minimum atomic E-state index is -0.567. The third-order valence-electron chi connectivity index (χ3n) is 4.16. The number of amides is 1. The largest absolute Gasteiger partial charge is 0.390 e. The number of carbonyl (C=O) groups is 1. The van der Waals surface area contributed by atoms with Gasteiger partial charge in [0.05, 0.1) is 18.2 Å². The molecular weight excluding hydrogens is 256 g/mol. The molecule has 1 aromatic carbocycles. The molecule has 1 amide bonds. The molecule has 1 saturated heterocycles. The first-order chi connectivity index (χ1) is 9.69. The maximum absolute atomic E-state index is 12.2. The van der Waals surface area contributed by atoms with Crippen molar-refractivity contribution >= 4 is 5.91 Å². The van der Waals surface area contributed by atoms with Crippen LogP contribution in [-0.2, 0) is 16.0 Å². The fraction of sp³-hybridized carbons (Fsp3) is 0.533. The van der Waals surface area contributed by atoms with E-state index in [1.165, 1.54) is 0 Å². The first kappa shape index (κ1) is 13.5. The van der Waals surface area contributed by atoms with Crippen molar-refractivity contribution in [2.24, 2.45) is 5.73 Å². The third-order valence-corrected chi connectivity index (χ3v) is 4.16. The molecule has 0 saturated carbocycles. The third kappa shape index (κ3) is 2.44. The second-order valence-electron chi connectivity index (χ2n) is 5.52. The zero-order valence-electron chi connectivity index (χ0n) is 11.3. The highest BCUT2D eigenvalue weighted by Gasteiger charge is 2.36. The van der Waals surface area contributed by atoms with Gasteiger partial charge in [0, 0.05) is 13.0 Å². The zero-order chi connectivity index (χ0) is 14.1. The summed E-state index contributed by atoms with van der Waals surface area (Å²) in [6.45, 7) is 0.443. The van der Waals surface area contributed by atoms with Gasteiger partial charge in [-0.05, 0) is 24.0 Å². The highest BCUT2D eigenvalue weighted by molar-refractivity contribution is 5.81. The molecule has 1 fully saturated rings. The van der Waals surface area contributed by atoms with E-state index in [0.29, 0.717) is 19.4 Å². The van der Waals surface area contributed by atoms with Crippen LogP contribution in [0.3, 0.4) is 0 Å². The smallest absolute Gasteiger partial charge is 0.249 e. The Labute approximate surface area is 118 Å². The molecule has 108 valence electrons. The van der Waals surface area contributed by atoms with Crippen LogP contribution < -0.4 is 11.1 Å². The van der Waals surface area contributed by atoms with Crippen molar-refractivity contribution in [3.63, 3.8) is 0 Å². The van der Waals surface area contributed by atoms with Crippen molar-refractivity contribution in [2.45, 2.75) is 43.6 Å². The number of fused-ring (bicyclic) bond motifs is 1. The molecule has 2 unspecified atom stereocenters. The summed E-state index contributed by atoms with van der Waals surface area (Å²) in [5.41, 5.74) is 7.64. The van der Waals surface area contributed by atoms with Gasteiger partial charge in [-0.2, -0.15) is 0 Å². The Morgan fingerprint density at radius 2 is 2.20 bits per heavy atom. The van der Waals surface area contributed by atoms with Crippen molar-refractivity contribution in [3.8, 4) is 0 Å². The van der Waals surface area contributed by atoms with Crippen LogP contribution in [0.1, 0.15) is 30.0 Å². The molecule has 2 aliphatic rings. The van der Waals surface area contributed by atoms with E-state index in [-0.39, 0.29) is 18.1 Å². The normalized spacial score (nSPS) is 32.1. The Kier molecular flexibility index (Phi) is 3.74. The first-order valence-electron chi connectivity index (χ1n) is 7.11. The Balaban J connectivity index is 1.67. The molecule has 0 spiro atoms. The molecule has 1 aromatic rings. The highest BCUT2D eigenvalue weighted by Crippen LogP contribution is 2.31. The number of hydrogen-bond acceptors (Lipinski definition) is 4. The number of benzene rings is 1. The van der Waals surface area contributed by atoms with Crippen LogP contribution in [0, 0.1) is 0 Å². The lowest BCUT2D eigenvalue weighted by Crippen LogP contribution is -2.40. The molecule has 1 heterocycles. The summed E-state index contributed by atoms with van der Waals surface area (Å²) in [6.07, 6.45) is 1.06. The molecule has 0 aromatic heterocycles. The maximum atomic E-state index is 12.2. The number of aliphatic hydroxyl groups excluding tert-OH is 1. The molecule has 5 nitrogen and oxygen atoms in total. The number of aliphatic hydroxyl groups is 1. The highest BCUT2D eigenvalue weighted by atomic mass is 16.5. The predicted octanol–water partition coefficient (Wildman–Crippen LogP) is 0.267. The minimum Gasteiger partial charge on any atom is -0.390 e. The van der Waals surface area contributed by atoms with E-state index < -0.39 is 12.2 Å². The van der Waals surface area contributed by atoms with Gasteiger partial charge in [-0.15, -0.1) is 0 Å². The van der Waals surface area contributed by atoms with Crippen LogP contribution in [0.4, 0.5) is 0 Å². The number of hydrogen-bond donors (Lipinski definition) is 3. The number of nitrogens with two attached hydrogens (primary N) is 1. The summed E-state index contributed by atoms with van der Waals surface area (Å²) in [5.74, 6) is -0.151. The van der Waals surface area contributed by atoms with E-state index in [0.717, 1.165) is 17.5 Å². The fourth-order valence-electron chi connectivity index (χ4n) is 3.07. The van der Waals surface area contributed by atoms with Gasteiger partial charge in [-0.25, -0.2) is 0 Å². The van der Waals surface area contributed by atoms with E-state index in [4.69, 9.17) is 10.5 Å². The van der Waals surface area contributed by atoms with Gasteiger partial charge in [-0.3, -0.25) is 4.79 Å². The number of ether oxygens (including phenoxy) is 1. The Hall–Kier alpha value is -1.43. The lowest BCUT2D eigenvalue weighted by atomic mass is 10.1. The van der Waals surface area contributed by atoms with Crippen LogP contribution in [0.15, 0.2) is 24.3 Å². The van der Waals surface area contributed by atoms with Crippen LogP contribution in [0.25, 0.3) is 0 Å². The van der Waals surface area contributed by atoms with Gasteiger partial charge in [0.2, 0.25) is 5.91 Å². The first-order valence-corrected chi connectivity index (χ1v) is 7.11. The monoisotopic (exact) mass is 276 g/mol. The van der Waals surface area contributed by atoms with Crippen molar-refractivity contribution in [1.82, 2.24) is 5.32 Å². The second-order valence-corrected chi connectivity index (χ2v) is 5.52. The van der Waals surface area contributed by atoms with Gasteiger partial charge < -0.3 is 20.9 Å². The van der Waals surface area contributed by atoms with E-state index in [1.54, 1.807) is 0 Å². The standard InChI is InChI=1S/C15H20N2O3/c16-8-10-5-6-13(20-10)15(19)17-14-11-4-2-1-3-9(11)7-12(14)18/h1-4,10,12-14,18H,5-8,16H2,(H,17,19)/t10?,12-,13?,14+/m0/s1. The van der Waals surface area contributed by atoms with Gasteiger partial charge in [0.15, 0.2) is 0 Å². The van der Waals surface area contributed by atoms with Crippen LogP contribution >= 0.6 is 0 Å². The average molecular weight is 276 g/mol. The summed E-state index contributed by atoms with van der Waals surface area (Å²) >= 11 is 0. The summed E-state index contributed by atoms with van der Waals surface area (Å²) in [5, 5.41) is 13.0. The van der Waals surface area contributed by atoms with E-state index in [1.807, 2.05) is 24.3 Å². The summed E-state index contributed by atoms with van der Waals surface area (Å²) in [4.78, 5) is 12.2. The lowest BCUT2D eigenvalue weighted by Gasteiger charge is -2.20. The Morgan fingerprint density at radius 1 is 1.40 bits per heavy atom. The average Bonchev–Trinajstić information content (AvgIpc) is 3.04. The predicted molar refractivity (Wildman–Crippen MR) is 74.0 cm³/mol. The van der Waals surface area contributed by atoms with Crippen molar-refractivity contribution in [2.75, 3.05) is 6.54 Å². The minimum absolute atomic E-state index is 0.0217. The fourth-order valence-corrected chi connectivity index (χ4v) is 3.07. The van der Waals surface area contributed by atoms with Crippen LogP contribution in [0.5, 0.6) is 0 Å². The van der Waals surface area contributed by atoms with Gasteiger partial charge >= 0.3 is 0 Å². The van der Waals surface area contributed by atoms with Gasteiger partial charge in [0.1, 0.15) is 6.10 Å². The number of rotatable bonds is 3. The number of nitrogens with one attached hydrogen (secondary N) is 1. The molecule has 4 atom stereocenters. The van der Waals surface area contributed by atoms with E-state index >= 15 is 0 Å². The molecule has 4 N–H and O–H groups in total. The summed E-state index contributed by atoms with van der Waals surface area (Å²) in [7, 11) is 0. The molecule has 0 radical (unpaired) electrons. The summed E-state index contributed by atoms with van der Waals surface area (Å²) in [6, 6.07) is 7.48. The molecule has 0 bridgehead atoms. The quantitative estimate of drug-likeness (QED) is 0.739. The molecule has 3 rings (SSSR count). The molecular formula is C15H20N2O3. The van der Waals surface area contributed by atoms with Crippen molar-refractivity contribution in [1.29, 1.82) is 0 Å². The Bertz CT molecular complexity index is 506. The number of carbonyl (C=O) groups excluding carboxylic acids is 1. The summed E-state index contributed by atoms with van der Waals surface area (Å²) < 4.78 is 5.59. The zero-order valence-corrected chi connectivity index (χ0v) is 11.3. The Morgan fingerprint density at radius 3 is 2.95 bits per heavy atom. The van der Waals surface area contributed by atoms with Crippen LogP contribution in [0.2, 0.25) is 0 Å².